The minimum Gasteiger partial charge on any atom is -0.399 e. The number of hydrogen-bond donors (Lipinski definition) is 2. The second-order valence-electron chi connectivity index (χ2n) is 5.08. The van der Waals surface area contributed by atoms with Crippen LogP contribution in [-0.2, 0) is 16.6 Å². The third-order valence-corrected chi connectivity index (χ3v) is 5.27. The van der Waals surface area contributed by atoms with Crippen LogP contribution in [0.4, 0.5) is 5.69 Å². The van der Waals surface area contributed by atoms with Gasteiger partial charge in [0, 0.05) is 12.7 Å². The molecule has 7 nitrogen and oxygen atoms in total. The summed E-state index contributed by atoms with van der Waals surface area (Å²) in [6.45, 7) is 5.34. The highest BCUT2D eigenvalue weighted by Gasteiger charge is 2.26. The van der Waals surface area contributed by atoms with Crippen molar-refractivity contribution in [2.75, 3.05) is 12.8 Å². The van der Waals surface area contributed by atoms with E-state index in [1.54, 1.807) is 32.9 Å². The first-order chi connectivity index (χ1) is 9.71. The summed E-state index contributed by atoms with van der Waals surface area (Å²) < 4.78 is 26.7. The number of anilines is 1. The lowest BCUT2D eigenvalue weighted by molar-refractivity contribution is 0.456. The molecular weight excluding hydrogens is 290 g/mol. The topological polar surface area (TPSA) is 105 Å². The van der Waals surface area contributed by atoms with Gasteiger partial charge in [0.25, 0.3) is 0 Å². The zero-order valence-corrected chi connectivity index (χ0v) is 13.3. The molecule has 8 heteroatoms. The largest absolute Gasteiger partial charge is 0.399 e. The summed E-state index contributed by atoms with van der Waals surface area (Å²) in [7, 11) is -2.11. The Hall–Kier alpha value is -1.93. The summed E-state index contributed by atoms with van der Waals surface area (Å²) in [5.41, 5.74) is 7.55. The Balaban J connectivity index is 2.38. The van der Waals surface area contributed by atoms with Gasteiger partial charge in [-0.25, -0.2) is 13.4 Å². The van der Waals surface area contributed by atoms with Crippen LogP contribution in [0.25, 0.3) is 0 Å². The van der Waals surface area contributed by atoms with E-state index in [0.717, 1.165) is 0 Å². The minimum absolute atomic E-state index is 0.107. The fourth-order valence-electron chi connectivity index (χ4n) is 2.29. The highest BCUT2D eigenvalue weighted by atomic mass is 32.2. The number of nitrogens with two attached hydrogens (primary N) is 1. The molecule has 0 aliphatic rings. The summed E-state index contributed by atoms with van der Waals surface area (Å²) in [4.78, 5) is 4.41. The summed E-state index contributed by atoms with van der Waals surface area (Å²) in [5, 5.41) is 6.66. The Labute approximate surface area is 124 Å². The van der Waals surface area contributed by atoms with Gasteiger partial charge in [0.2, 0.25) is 10.0 Å². The van der Waals surface area contributed by atoms with Gasteiger partial charge in [0.15, 0.2) is 5.82 Å². The first-order valence-corrected chi connectivity index (χ1v) is 7.86. The maximum absolute atomic E-state index is 12.7. The molecule has 0 amide bonds. The van der Waals surface area contributed by atoms with Gasteiger partial charge in [-0.05, 0) is 44.0 Å². The first kappa shape index (κ1) is 15.5. The molecule has 0 saturated heterocycles. The Bertz CT molecular complexity index is 744. The third kappa shape index (κ3) is 3.06. The zero-order valence-electron chi connectivity index (χ0n) is 12.5. The maximum Gasteiger partial charge on any atom is 0.243 e. The van der Waals surface area contributed by atoms with Crippen LogP contribution in [0.3, 0.4) is 0 Å². The molecule has 0 aliphatic carbocycles. The van der Waals surface area contributed by atoms with Crippen LogP contribution >= 0.6 is 0 Å². The van der Waals surface area contributed by atoms with Crippen molar-refractivity contribution in [1.29, 1.82) is 0 Å². The number of aromatic nitrogens is 3. The van der Waals surface area contributed by atoms with Gasteiger partial charge >= 0.3 is 0 Å². The van der Waals surface area contributed by atoms with Gasteiger partial charge in [-0.2, -0.15) is 9.40 Å². The second kappa shape index (κ2) is 5.45. The van der Waals surface area contributed by atoms with Crippen LogP contribution in [0.15, 0.2) is 17.0 Å². The average molecular weight is 309 g/mol. The lowest BCUT2D eigenvalue weighted by atomic mass is 10.1. The number of rotatable bonds is 4. The summed E-state index contributed by atoms with van der Waals surface area (Å²) in [5.74, 6) is 1.08. The van der Waals surface area contributed by atoms with Crippen molar-refractivity contribution in [3.05, 3.63) is 34.9 Å². The number of benzene rings is 1. The number of aromatic amines is 1. The molecule has 1 aromatic carbocycles. The smallest absolute Gasteiger partial charge is 0.243 e. The molecule has 2 aromatic rings. The second-order valence-corrected chi connectivity index (χ2v) is 7.06. The fraction of sp³-hybridized carbons (Fsp3) is 0.385. The first-order valence-electron chi connectivity index (χ1n) is 6.42. The van der Waals surface area contributed by atoms with Crippen molar-refractivity contribution in [2.24, 2.45) is 0 Å². The lowest BCUT2D eigenvalue weighted by Crippen LogP contribution is -2.28. The van der Waals surface area contributed by atoms with Gasteiger partial charge in [-0.1, -0.05) is 0 Å². The van der Waals surface area contributed by atoms with E-state index in [-0.39, 0.29) is 11.4 Å². The normalized spacial score (nSPS) is 12.0. The van der Waals surface area contributed by atoms with Gasteiger partial charge < -0.3 is 5.73 Å². The standard InChI is InChI=1S/C13H19N5O2S/c1-8-5-11(14)6-9(2)13(8)21(19,20)18(4)7-12-15-10(3)16-17-12/h5-6H,7,14H2,1-4H3,(H,15,16,17). The Morgan fingerprint density at radius 3 is 2.29 bits per heavy atom. The number of nitrogen functional groups attached to an aromatic ring is 1. The van der Waals surface area contributed by atoms with Gasteiger partial charge in [-0.15, -0.1) is 0 Å². The van der Waals surface area contributed by atoms with Crippen LogP contribution in [0.2, 0.25) is 0 Å². The van der Waals surface area contributed by atoms with E-state index in [2.05, 4.69) is 15.2 Å². The Morgan fingerprint density at radius 1 is 1.24 bits per heavy atom. The van der Waals surface area contributed by atoms with E-state index in [4.69, 9.17) is 5.73 Å². The van der Waals surface area contributed by atoms with Crippen molar-refractivity contribution < 1.29 is 8.42 Å². The van der Waals surface area contributed by atoms with Crippen molar-refractivity contribution in [2.45, 2.75) is 32.2 Å². The number of nitrogens with one attached hydrogen (secondary N) is 1. The summed E-state index contributed by atoms with van der Waals surface area (Å²) in [6.07, 6.45) is 0. The van der Waals surface area contributed by atoms with Crippen molar-refractivity contribution in [3.63, 3.8) is 0 Å². The van der Waals surface area contributed by atoms with Gasteiger partial charge in [-0.3, -0.25) is 5.10 Å². The molecule has 21 heavy (non-hydrogen) atoms. The van der Waals surface area contributed by atoms with Gasteiger partial charge in [0.05, 0.1) is 11.4 Å². The van der Waals surface area contributed by atoms with Crippen molar-refractivity contribution >= 4 is 15.7 Å². The van der Waals surface area contributed by atoms with Crippen LogP contribution in [0.1, 0.15) is 22.8 Å². The maximum atomic E-state index is 12.7. The van der Waals surface area contributed by atoms with E-state index in [1.807, 2.05) is 0 Å². The summed E-state index contributed by atoms with van der Waals surface area (Å²) >= 11 is 0. The average Bonchev–Trinajstić information content (AvgIpc) is 2.72. The SMILES string of the molecule is Cc1nc(CN(C)S(=O)(=O)c2c(C)cc(N)cc2C)n[nH]1. The van der Waals surface area contributed by atoms with E-state index in [1.165, 1.54) is 11.4 Å². The Morgan fingerprint density at radius 2 is 1.81 bits per heavy atom. The molecule has 1 heterocycles. The predicted octanol–water partition coefficient (Wildman–Crippen LogP) is 1.13. The highest BCUT2D eigenvalue weighted by Crippen LogP contribution is 2.26. The highest BCUT2D eigenvalue weighted by molar-refractivity contribution is 7.89. The molecule has 0 aliphatic heterocycles. The predicted molar refractivity (Wildman–Crippen MR) is 80.1 cm³/mol. The van der Waals surface area contributed by atoms with E-state index >= 15 is 0 Å². The fourth-order valence-corrected chi connectivity index (χ4v) is 3.82. The van der Waals surface area contributed by atoms with E-state index in [0.29, 0.717) is 28.5 Å². The van der Waals surface area contributed by atoms with Crippen LogP contribution in [0.5, 0.6) is 0 Å². The molecule has 2 rings (SSSR count). The van der Waals surface area contributed by atoms with Crippen LogP contribution in [-0.4, -0.2) is 35.0 Å². The van der Waals surface area contributed by atoms with E-state index in [9.17, 15) is 8.42 Å². The van der Waals surface area contributed by atoms with E-state index < -0.39 is 10.0 Å². The number of hydrogen-bond acceptors (Lipinski definition) is 5. The summed E-state index contributed by atoms with van der Waals surface area (Å²) in [6, 6.07) is 3.31. The lowest BCUT2D eigenvalue weighted by Gasteiger charge is -2.19. The molecule has 1 aromatic heterocycles. The number of aryl methyl sites for hydroxylation is 3. The van der Waals surface area contributed by atoms with Crippen LogP contribution in [0, 0.1) is 20.8 Å². The molecule has 0 atom stereocenters. The van der Waals surface area contributed by atoms with Crippen molar-refractivity contribution in [1.82, 2.24) is 19.5 Å². The zero-order chi connectivity index (χ0) is 15.8. The number of nitrogens with zero attached hydrogens (tertiary/aromatic N) is 3. The molecule has 0 unspecified atom stereocenters. The van der Waals surface area contributed by atoms with Gasteiger partial charge in [0.1, 0.15) is 5.82 Å². The molecule has 0 saturated carbocycles. The molecular formula is C13H19N5O2S. The molecule has 0 radical (unpaired) electrons. The molecule has 0 fully saturated rings. The van der Waals surface area contributed by atoms with Crippen LogP contribution < -0.4 is 5.73 Å². The quantitative estimate of drug-likeness (QED) is 0.824. The molecule has 114 valence electrons. The monoisotopic (exact) mass is 309 g/mol. The molecule has 3 N–H and O–H groups in total. The third-order valence-electron chi connectivity index (χ3n) is 3.16. The number of sulfonamides is 1. The Kier molecular flexibility index (Phi) is 4.02. The number of H-pyrrole nitrogens is 1. The van der Waals surface area contributed by atoms with Crippen molar-refractivity contribution in [3.8, 4) is 0 Å². The minimum atomic E-state index is -3.62. The molecule has 0 bridgehead atoms. The molecule has 0 spiro atoms.